The molecule has 0 fully saturated rings. The van der Waals surface area contributed by atoms with E-state index < -0.39 is 0 Å². The Morgan fingerprint density at radius 3 is 2.61 bits per heavy atom. The van der Waals surface area contributed by atoms with Crippen LogP contribution in [-0.2, 0) is 6.54 Å². The molecule has 1 aromatic carbocycles. The molecule has 0 atom stereocenters. The smallest absolute Gasteiger partial charge is 0.273 e. The number of nitrogens with zero attached hydrogens (tertiary/aromatic N) is 2. The van der Waals surface area contributed by atoms with Crippen LogP contribution < -0.4 is 0 Å². The maximum Gasteiger partial charge on any atom is 0.273 e. The topological polar surface area (TPSA) is 33.2 Å². The molecule has 3 rings (SSSR count). The number of aryl methyl sites for hydroxylation is 1. The molecule has 1 amide bonds. The van der Waals surface area contributed by atoms with E-state index in [1.807, 2.05) is 40.8 Å². The van der Waals surface area contributed by atoms with E-state index in [1.54, 1.807) is 11.3 Å². The van der Waals surface area contributed by atoms with Gasteiger partial charge in [0.2, 0.25) is 0 Å². The molecule has 0 aliphatic heterocycles. The molecule has 0 spiro atoms. The van der Waals surface area contributed by atoms with Crippen molar-refractivity contribution in [2.45, 2.75) is 20.4 Å². The van der Waals surface area contributed by atoms with Crippen molar-refractivity contribution in [2.75, 3.05) is 6.54 Å². The number of amides is 1. The Balaban J connectivity index is 1.78. The van der Waals surface area contributed by atoms with Crippen molar-refractivity contribution >= 4 is 28.6 Å². The Kier molecular flexibility index (Phi) is 4.88. The number of thiazole rings is 1. The first kappa shape index (κ1) is 15.9. The fraction of sp³-hybridized carbons (Fsp3) is 0.222. The highest BCUT2D eigenvalue weighted by Crippen LogP contribution is 2.25. The summed E-state index contributed by atoms with van der Waals surface area (Å²) in [4.78, 5) is 20.2. The lowest BCUT2D eigenvalue weighted by molar-refractivity contribution is 0.0749. The lowest BCUT2D eigenvalue weighted by atomic mass is 10.2. The van der Waals surface area contributed by atoms with Crippen LogP contribution in [0.25, 0.3) is 10.6 Å². The van der Waals surface area contributed by atoms with Gasteiger partial charge in [-0.3, -0.25) is 4.79 Å². The summed E-state index contributed by atoms with van der Waals surface area (Å²) >= 11 is 3.19. The van der Waals surface area contributed by atoms with Crippen molar-refractivity contribution in [2.24, 2.45) is 0 Å². The molecule has 0 unspecified atom stereocenters. The number of rotatable bonds is 5. The predicted octanol–water partition coefficient (Wildman–Crippen LogP) is 4.84. The van der Waals surface area contributed by atoms with Crippen LogP contribution in [-0.4, -0.2) is 22.3 Å². The number of aromatic nitrogens is 1. The molecule has 5 heteroatoms. The first-order valence-corrected chi connectivity index (χ1v) is 9.27. The van der Waals surface area contributed by atoms with Crippen LogP contribution in [0.1, 0.15) is 27.9 Å². The second-order valence-electron chi connectivity index (χ2n) is 5.30. The molecule has 0 saturated heterocycles. The van der Waals surface area contributed by atoms with Gasteiger partial charge in [-0.2, -0.15) is 0 Å². The van der Waals surface area contributed by atoms with E-state index in [-0.39, 0.29) is 5.91 Å². The van der Waals surface area contributed by atoms with E-state index in [0.29, 0.717) is 18.8 Å². The van der Waals surface area contributed by atoms with Crippen molar-refractivity contribution in [3.05, 3.63) is 63.3 Å². The first-order chi connectivity index (χ1) is 11.2. The fourth-order valence-electron chi connectivity index (χ4n) is 2.28. The molecule has 3 nitrogen and oxygen atoms in total. The normalized spacial score (nSPS) is 10.7. The highest BCUT2D eigenvalue weighted by atomic mass is 32.1. The summed E-state index contributed by atoms with van der Waals surface area (Å²) < 4.78 is 0. The fourth-order valence-corrected chi connectivity index (χ4v) is 3.80. The minimum Gasteiger partial charge on any atom is -0.332 e. The van der Waals surface area contributed by atoms with E-state index in [1.165, 1.54) is 21.8 Å². The Morgan fingerprint density at radius 2 is 1.96 bits per heavy atom. The van der Waals surface area contributed by atoms with Gasteiger partial charge < -0.3 is 4.90 Å². The van der Waals surface area contributed by atoms with Gasteiger partial charge in [0, 0.05) is 22.4 Å². The van der Waals surface area contributed by atoms with Crippen LogP contribution in [0.15, 0.2) is 47.2 Å². The average molecular weight is 342 g/mol. The second-order valence-corrected chi connectivity index (χ2v) is 7.19. The van der Waals surface area contributed by atoms with E-state index >= 15 is 0 Å². The van der Waals surface area contributed by atoms with Gasteiger partial charge in [0.25, 0.3) is 5.91 Å². The van der Waals surface area contributed by atoms with Gasteiger partial charge in [0.05, 0.1) is 6.54 Å². The molecule has 118 valence electrons. The Hall–Kier alpha value is -1.98. The minimum atomic E-state index is -0.00416. The minimum absolute atomic E-state index is 0.00416. The van der Waals surface area contributed by atoms with Crippen LogP contribution in [0, 0.1) is 6.92 Å². The van der Waals surface area contributed by atoms with Gasteiger partial charge >= 0.3 is 0 Å². The summed E-state index contributed by atoms with van der Waals surface area (Å²) in [7, 11) is 0. The molecule has 0 N–H and O–H groups in total. The SMILES string of the molecule is CCN(Cc1cccs1)C(=O)c1csc(-c2ccc(C)cc2)n1. The molecule has 2 aromatic heterocycles. The highest BCUT2D eigenvalue weighted by molar-refractivity contribution is 7.13. The summed E-state index contributed by atoms with van der Waals surface area (Å²) in [6.45, 7) is 5.38. The zero-order valence-corrected chi connectivity index (χ0v) is 14.8. The van der Waals surface area contributed by atoms with Crippen LogP contribution in [0.5, 0.6) is 0 Å². The summed E-state index contributed by atoms with van der Waals surface area (Å²) in [6.07, 6.45) is 0. The monoisotopic (exact) mass is 342 g/mol. The molecular weight excluding hydrogens is 324 g/mol. The second kappa shape index (κ2) is 7.06. The quantitative estimate of drug-likeness (QED) is 0.664. The van der Waals surface area contributed by atoms with E-state index in [9.17, 15) is 4.79 Å². The van der Waals surface area contributed by atoms with Gasteiger partial charge in [-0.1, -0.05) is 35.9 Å². The molecule has 2 heterocycles. The standard InChI is InChI=1S/C18H18N2OS2/c1-3-20(11-15-5-4-10-22-15)18(21)16-12-23-17(19-16)14-8-6-13(2)7-9-14/h4-10,12H,3,11H2,1-2H3. The van der Waals surface area contributed by atoms with Crippen molar-refractivity contribution in [1.29, 1.82) is 0 Å². The van der Waals surface area contributed by atoms with Gasteiger partial charge in [0.15, 0.2) is 0 Å². The number of benzene rings is 1. The zero-order valence-electron chi connectivity index (χ0n) is 13.2. The Morgan fingerprint density at radius 1 is 1.17 bits per heavy atom. The van der Waals surface area contributed by atoms with Crippen LogP contribution >= 0.6 is 22.7 Å². The third-order valence-electron chi connectivity index (χ3n) is 3.62. The van der Waals surface area contributed by atoms with Crippen LogP contribution in [0.2, 0.25) is 0 Å². The number of thiophene rings is 1. The molecule has 3 aromatic rings. The summed E-state index contributed by atoms with van der Waals surface area (Å²) in [5, 5.41) is 4.78. The molecule has 0 saturated carbocycles. The van der Waals surface area contributed by atoms with E-state index in [0.717, 1.165) is 10.6 Å². The van der Waals surface area contributed by atoms with Gasteiger partial charge in [-0.05, 0) is 25.3 Å². The molecular formula is C18H18N2OS2. The van der Waals surface area contributed by atoms with Crippen molar-refractivity contribution < 1.29 is 4.79 Å². The van der Waals surface area contributed by atoms with E-state index in [4.69, 9.17) is 0 Å². The third kappa shape index (κ3) is 3.68. The zero-order chi connectivity index (χ0) is 16.2. The van der Waals surface area contributed by atoms with Crippen molar-refractivity contribution in [3.63, 3.8) is 0 Å². The van der Waals surface area contributed by atoms with Gasteiger partial charge in [0.1, 0.15) is 10.7 Å². The average Bonchev–Trinajstić information content (AvgIpc) is 3.24. The van der Waals surface area contributed by atoms with Crippen molar-refractivity contribution in [3.8, 4) is 10.6 Å². The lowest BCUT2D eigenvalue weighted by Crippen LogP contribution is -2.30. The Labute approximate surface area is 144 Å². The maximum atomic E-state index is 12.7. The Bertz CT molecular complexity index is 776. The van der Waals surface area contributed by atoms with Gasteiger partial charge in [-0.25, -0.2) is 4.98 Å². The first-order valence-electron chi connectivity index (χ1n) is 7.51. The lowest BCUT2D eigenvalue weighted by Gasteiger charge is -2.18. The van der Waals surface area contributed by atoms with Crippen LogP contribution in [0.3, 0.4) is 0 Å². The van der Waals surface area contributed by atoms with Crippen LogP contribution in [0.4, 0.5) is 0 Å². The number of hydrogen-bond donors (Lipinski definition) is 0. The van der Waals surface area contributed by atoms with E-state index in [2.05, 4.69) is 30.1 Å². The largest absolute Gasteiger partial charge is 0.332 e. The molecule has 23 heavy (non-hydrogen) atoms. The summed E-state index contributed by atoms with van der Waals surface area (Å²) in [5.41, 5.74) is 2.81. The molecule has 0 aliphatic rings. The maximum absolute atomic E-state index is 12.7. The van der Waals surface area contributed by atoms with Crippen molar-refractivity contribution in [1.82, 2.24) is 9.88 Å². The van der Waals surface area contributed by atoms with Gasteiger partial charge in [-0.15, -0.1) is 22.7 Å². The number of hydrogen-bond acceptors (Lipinski definition) is 4. The molecule has 0 aliphatic carbocycles. The number of carbonyl (C=O) groups is 1. The predicted molar refractivity (Wildman–Crippen MR) is 97.0 cm³/mol. The summed E-state index contributed by atoms with van der Waals surface area (Å²) in [6, 6.07) is 12.3. The number of carbonyl (C=O) groups excluding carboxylic acids is 1. The third-order valence-corrected chi connectivity index (χ3v) is 5.37. The highest BCUT2D eigenvalue weighted by Gasteiger charge is 2.18. The summed E-state index contributed by atoms with van der Waals surface area (Å²) in [5.74, 6) is -0.00416. The molecule has 0 bridgehead atoms. The molecule has 0 radical (unpaired) electrons.